The second-order valence-electron chi connectivity index (χ2n) is 7.19. The molecule has 2 aromatic carbocycles. The topological polar surface area (TPSA) is 86.8 Å². The summed E-state index contributed by atoms with van der Waals surface area (Å²) in [6.07, 6.45) is 1.69. The number of nitrogens with zero attached hydrogens (tertiary/aromatic N) is 2. The summed E-state index contributed by atoms with van der Waals surface area (Å²) in [6, 6.07) is 13.7. The highest BCUT2D eigenvalue weighted by molar-refractivity contribution is 9.10. The zero-order valence-electron chi connectivity index (χ0n) is 18.1. The number of rotatable bonds is 9. The summed E-state index contributed by atoms with van der Waals surface area (Å²) in [5, 5.41) is 2.56. The second kappa shape index (κ2) is 10.8. The van der Waals surface area contributed by atoms with Crippen LogP contribution in [0.5, 0.6) is 0 Å². The molecule has 0 heterocycles. The van der Waals surface area contributed by atoms with Crippen LogP contribution < -0.4 is 9.62 Å². The molecular formula is C22H28BrN3O4S. The van der Waals surface area contributed by atoms with Crippen molar-refractivity contribution in [2.24, 2.45) is 0 Å². The van der Waals surface area contributed by atoms with Crippen molar-refractivity contribution in [3.63, 3.8) is 0 Å². The van der Waals surface area contributed by atoms with Gasteiger partial charge in [-0.3, -0.25) is 13.9 Å². The number of carbonyl (C=O) groups excluding carboxylic acids is 2. The van der Waals surface area contributed by atoms with E-state index < -0.39 is 28.5 Å². The molecule has 0 aliphatic heterocycles. The fraction of sp³-hybridized carbons (Fsp3) is 0.364. The lowest BCUT2D eigenvalue weighted by Crippen LogP contribution is -2.50. The first-order chi connectivity index (χ1) is 14.6. The number of aryl methyl sites for hydroxylation is 1. The van der Waals surface area contributed by atoms with Crippen LogP contribution in [-0.4, -0.2) is 51.0 Å². The van der Waals surface area contributed by atoms with Crippen LogP contribution in [0.15, 0.2) is 53.0 Å². The third-order valence-corrected chi connectivity index (χ3v) is 6.60. The van der Waals surface area contributed by atoms with E-state index in [0.717, 1.165) is 26.2 Å². The standard InChI is InChI=1S/C22H28BrN3O4S/c1-5-18-10-6-7-12-20(18)26(31(4,29)30)15-21(27)25(16(2)22(28)24-3)14-17-9-8-11-19(23)13-17/h6-13,16H,5,14-15H2,1-4H3,(H,24,28)/t16-/m1/s1. The molecule has 0 spiro atoms. The first-order valence-electron chi connectivity index (χ1n) is 9.89. The van der Waals surface area contributed by atoms with E-state index in [1.54, 1.807) is 19.1 Å². The smallest absolute Gasteiger partial charge is 0.244 e. The Morgan fingerprint density at radius 3 is 2.39 bits per heavy atom. The van der Waals surface area contributed by atoms with Crippen molar-refractivity contribution in [2.45, 2.75) is 32.9 Å². The van der Waals surface area contributed by atoms with E-state index in [-0.39, 0.29) is 12.5 Å². The highest BCUT2D eigenvalue weighted by atomic mass is 79.9. The maximum atomic E-state index is 13.4. The van der Waals surface area contributed by atoms with Gasteiger partial charge in [-0.15, -0.1) is 0 Å². The number of carbonyl (C=O) groups is 2. The monoisotopic (exact) mass is 509 g/mol. The van der Waals surface area contributed by atoms with E-state index in [2.05, 4.69) is 21.2 Å². The Morgan fingerprint density at radius 2 is 1.81 bits per heavy atom. The highest BCUT2D eigenvalue weighted by Gasteiger charge is 2.30. The molecule has 0 aliphatic rings. The van der Waals surface area contributed by atoms with Gasteiger partial charge in [-0.2, -0.15) is 0 Å². The summed E-state index contributed by atoms with van der Waals surface area (Å²) in [6.45, 7) is 3.32. The molecule has 2 aromatic rings. The van der Waals surface area contributed by atoms with Crippen LogP contribution in [0.1, 0.15) is 25.0 Å². The van der Waals surface area contributed by atoms with Gasteiger partial charge in [0.25, 0.3) is 0 Å². The number of hydrogen-bond acceptors (Lipinski definition) is 4. The van der Waals surface area contributed by atoms with Crippen molar-refractivity contribution in [3.05, 3.63) is 64.1 Å². The quantitative estimate of drug-likeness (QED) is 0.562. The molecule has 1 atom stereocenters. The number of halogens is 1. The van der Waals surface area contributed by atoms with Gasteiger partial charge in [0.05, 0.1) is 11.9 Å². The maximum absolute atomic E-state index is 13.4. The summed E-state index contributed by atoms with van der Waals surface area (Å²) in [7, 11) is -2.23. The van der Waals surface area contributed by atoms with Crippen molar-refractivity contribution in [1.29, 1.82) is 0 Å². The first kappa shape index (κ1) is 24.9. The van der Waals surface area contributed by atoms with Gasteiger partial charge in [-0.1, -0.05) is 53.2 Å². The summed E-state index contributed by atoms with van der Waals surface area (Å²) in [5.41, 5.74) is 2.10. The van der Waals surface area contributed by atoms with E-state index >= 15 is 0 Å². The molecule has 2 rings (SSSR count). The summed E-state index contributed by atoms with van der Waals surface area (Å²) in [4.78, 5) is 27.1. The van der Waals surface area contributed by atoms with Crippen LogP contribution in [0.2, 0.25) is 0 Å². The van der Waals surface area contributed by atoms with Crippen molar-refractivity contribution >= 4 is 43.5 Å². The summed E-state index contributed by atoms with van der Waals surface area (Å²) >= 11 is 3.41. The number of sulfonamides is 1. The Balaban J connectivity index is 2.42. The number of amides is 2. The normalized spacial score (nSPS) is 12.2. The van der Waals surface area contributed by atoms with E-state index in [1.807, 2.05) is 43.3 Å². The Morgan fingerprint density at radius 1 is 1.13 bits per heavy atom. The molecule has 1 N–H and O–H groups in total. The Labute approximate surface area is 192 Å². The van der Waals surface area contributed by atoms with Crippen LogP contribution in [-0.2, 0) is 32.6 Å². The molecule has 0 aliphatic carbocycles. The molecule has 31 heavy (non-hydrogen) atoms. The largest absolute Gasteiger partial charge is 0.357 e. The van der Waals surface area contributed by atoms with E-state index in [1.165, 1.54) is 11.9 Å². The minimum absolute atomic E-state index is 0.167. The molecule has 0 unspecified atom stereocenters. The molecule has 9 heteroatoms. The average molecular weight is 510 g/mol. The van der Waals surface area contributed by atoms with Gasteiger partial charge in [0.1, 0.15) is 12.6 Å². The van der Waals surface area contributed by atoms with Gasteiger partial charge in [0.15, 0.2) is 0 Å². The van der Waals surface area contributed by atoms with Crippen molar-refractivity contribution in [3.8, 4) is 0 Å². The molecule has 0 aromatic heterocycles. The molecule has 0 radical (unpaired) electrons. The van der Waals surface area contributed by atoms with Gasteiger partial charge >= 0.3 is 0 Å². The van der Waals surface area contributed by atoms with E-state index in [0.29, 0.717) is 12.1 Å². The van der Waals surface area contributed by atoms with Gasteiger partial charge in [-0.25, -0.2) is 8.42 Å². The van der Waals surface area contributed by atoms with Crippen LogP contribution >= 0.6 is 15.9 Å². The Kier molecular flexibility index (Phi) is 8.64. The van der Waals surface area contributed by atoms with Crippen LogP contribution in [0, 0.1) is 0 Å². The van der Waals surface area contributed by atoms with Crippen LogP contribution in [0.4, 0.5) is 5.69 Å². The zero-order chi connectivity index (χ0) is 23.2. The van der Waals surface area contributed by atoms with E-state index in [9.17, 15) is 18.0 Å². The molecule has 0 saturated carbocycles. The highest BCUT2D eigenvalue weighted by Crippen LogP contribution is 2.24. The lowest BCUT2D eigenvalue weighted by atomic mass is 10.1. The number of anilines is 1. The third kappa shape index (κ3) is 6.54. The predicted octanol–water partition coefficient (Wildman–Crippen LogP) is 2.94. The number of hydrogen-bond donors (Lipinski definition) is 1. The van der Waals surface area contributed by atoms with Crippen molar-refractivity contribution in [2.75, 3.05) is 24.2 Å². The third-order valence-electron chi connectivity index (χ3n) is 4.98. The number of nitrogens with one attached hydrogen (secondary N) is 1. The summed E-state index contributed by atoms with van der Waals surface area (Å²) < 4.78 is 27.1. The molecule has 2 amide bonds. The second-order valence-corrected chi connectivity index (χ2v) is 10.0. The molecule has 168 valence electrons. The van der Waals surface area contributed by atoms with Crippen molar-refractivity contribution in [1.82, 2.24) is 10.2 Å². The minimum atomic E-state index is -3.73. The Bertz CT molecular complexity index is 1040. The van der Waals surface area contributed by atoms with Gasteiger partial charge < -0.3 is 10.2 Å². The predicted molar refractivity (Wildman–Crippen MR) is 126 cm³/mol. The molecular weight excluding hydrogens is 482 g/mol. The van der Waals surface area contributed by atoms with Crippen molar-refractivity contribution < 1.29 is 18.0 Å². The zero-order valence-corrected chi connectivity index (χ0v) is 20.5. The summed E-state index contributed by atoms with van der Waals surface area (Å²) in [5.74, 6) is -0.796. The lowest BCUT2D eigenvalue weighted by molar-refractivity contribution is -0.139. The molecule has 0 fully saturated rings. The number of benzene rings is 2. The fourth-order valence-electron chi connectivity index (χ4n) is 3.27. The number of para-hydroxylation sites is 1. The molecule has 7 nitrogen and oxygen atoms in total. The molecule has 0 saturated heterocycles. The first-order valence-corrected chi connectivity index (χ1v) is 12.5. The Hall–Kier alpha value is -2.39. The van der Waals surface area contributed by atoms with E-state index in [4.69, 9.17) is 0 Å². The number of likely N-dealkylation sites (N-methyl/N-ethyl adjacent to an activating group) is 1. The SMILES string of the molecule is CCc1ccccc1N(CC(=O)N(Cc1cccc(Br)c1)[C@H](C)C(=O)NC)S(C)(=O)=O. The minimum Gasteiger partial charge on any atom is -0.357 e. The van der Waals surface area contributed by atoms with Gasteiger partial charge in [-0.05, 0) is 42.7 Å². The average Bonchev–Trinajstić information content (AvgIpc) is 2.73. The maximum Gasteiger partial charge on any atom is 0.244 e. The fourth-order valence-corrected chi connectivity index (χ4v) is 4.60. The van der Waals surface area contributed by atoms with Gasteiger partial charge in [0, 0.05) is 18.1 Å². The lowest BCUT2D eigenvalue weighted by Gasteiger charge is -2.31. The van der Waals surface area contributed by atoms with Crippen LogP contribution in [0.25, 0.3) is 0 Å². The van der Waals surface area contributed by atoms with Gasteiger partial charge in [0.2, 0.25) is 21.8 Å². The van der Waals surface area contributed by atoms with Crippen LogP contribution in [0.3, 0.4) is 0 Å². The molecule has 0 bridgehead atoms.